The molecule has 0 aromatic carbocycles. The lowest BCUT2D eigenvalue weighted by molar-refractivity contribution is -0.119. The summed E-state index contributed by atoms with van der Waals surface area (Å²) in [5, 5.41) is 3.24. The van der Waals surface area contributed by atoms with Crippen LogP contribution in [0.3, 0.4) is 0 Å². The highest BCUT2D eigenvalue weighted by atomic mass is 16.1. The first-order valence-electron chi connectivity index (χ1n) is 6.24. The predicted molar refractivity (Wildman–Crippen MR) is 73.1 cm³/mol. The Balaban J connectivity index is 2.73. The van der Waals surface area contributed by atoms with Gasteiger partial charge in [0.1, 0.15) is 0 Å². The lowest BCUT2D eigenvalue weighted by atomic mass is 10.2. The Labute approximate surface area is 108 Å². The molecule has 1 rings (SSSR count). The maximum atomic E-state index is 11.0. The Morgan fingerprint density at radius 1 is 1.56 bits per heavy atom. The molecule has 0 unspecified atom stereocenters. The molecule has 0 radical (unpaired) electrons. The van der Waals surface area contributed by atoms with E-state index in [0.29, 0.717) is 6.54 Å². The highest BCUT2D eigenvalue weighted by molar-refractivity contribution is 5.75. The van der Waals surface area contributed by atoms with Crippen LogP contribution in [0.15, 0.2) is 18.3 Å². The van der Waals surface area contributed by atoms with Crippen molar-refractivity contribution in [2.45, 2.75) is 33.4 Å². The summed E-state index contributed by atoms with van der Waals surface area (Å²) in [4.78, 5) is 17.3. The van der Waals surface area contributed by atoms with Crippen LogP contribution in [-0.4, -0.2) is 34.9 Å². The minimum absolute atomic E-state index is 0.252. The third kappa shape index (κ3) is 4.71. The van der Waals surface area contributed by atoms with Crippen molar-refractivity contribution >= 4 is 11.6 Å². The fraction of sp³-hybridized carbons (Fsp3) is 0.538. The minimum Gasteiger partial charge on any atom is -0.385 e. The Morgan fingerprint density at radius 2 is 2.28 bits per heavy atom. The van der Waals surface area contributed by atoms with Crippen molar-refractivity contribution < 1.29 is 4.79 Å². The normalized spacial score (nSPS) is 10.9. The number of hydrogen-bond donors (Lipinski definition) is 2. The molecule has 1 aromatic heterocycles. The highest BCUT2D eigenvalue weighted by Gasteiger charge is 2.13. The van der Waals surface area contributed by atoms with Crippen LogP contribution in [0.1, 0.15) is 26.5 Å². The number of primary amides is 1. The Kier molecular flexibility index (Phi) is 5.58. The first kappa shape index (κ1) is 14.4. The van der Waals surface area contributed by atoms with Gasteiger partial charge in [-0.2, -0.15) is 0 Å². The van der Waals surface area contributed by atoms with Gasteiger partial charge in [-0.3, -0.25) is 14.7 Å². The first-order valence-corrected chi connectivity index (χ1v) is 6.24. The molecule has 5 heteroatoms. The van der Waals surface area contributed by atoms with Crippen LogP contribution >= 0.6 is 0 Å². The Bertz CT molecular complexity index is 392. The lowest BCUT2D eigenvalue weighted by Gasteiger charge is -2.24. The molecule has 5 nitrogen and oxygen atoms in total. The van der Waals surface area contributed by atoms with E-state index in [-0.39, 0.29) is 18.5 Å². The summed E-state index contributed by atoms with van der Waals surface area (Å²) >= 11 is 0. The number of anilines is 1. The van der Waals surface area contributed by atoms with E-state index >= 15 is 0 Å². The monoisotopic (exact) mass is 250 g/mol. The smallest absolute Gasteiger partial charge is 0.231 e. The van der Waals surface area contributed by atoms with Gasteiger partial charge in [-0.25, -0.2) is 0 Å². The maximum Gasteiger partial charge on any atom is 0.231 e. The van der Waals surface area contributed by atoms with Gasteiger partial charge in [0.15, 0.2) is 0 Å². The van der Waals surface area contributed by atoms with Crippen molar-refractivity contribution in [2.24, 2.45) is 5.73 Å². The van der Waals surface area contributed by atoms with Crippen molar-refractivity contribution in [3.05, 3.63) is 24.0 Å². The molecular formula is C13H22N4O. The average Bonchev–Trinajstić information content (AvgIpc) is 2.28. The molecule has 1 amide bonds. The van der Waals surface area contributed by atoms with Crippen molar-refractivity contribution in [3.8, 4) is 0 Å². The van der Waals surface area contributed by atoms with Crippen LogP contribution in [0, 0.1) is 0 Å². The van der Waals surface area contributed by atoms with Gasteiger partial charge in [0.05, 0.1) is 12.2 Å². The fourth-order valence-electron chi connectivity index (χ4n) is 1.71. The predicted octanol–water partition coefficient (Wildman–Crippen LogP) is 1.21. The van der Waals surface area contributed by atoms with E-state index in [1.807, 2.05) is 37.8 Å². The average molecular weight is 250 g/mol. The molecule has 0 saturated carbocycles. The number of carbonyl (C=O) groups is 1. The Hall–Kier alpha value is -1.62. The van der Waals surface area contributed by atoms with Crippen molar-refractivity contribution in [1.82, 2.24) is 9.88 Å². The second-order valence-electron chi connectivity index (χ2n) is 4.53. The highest BCUT2D eigenvalue weighted by Crippen LogP contribution is 2.11. The van der Waals surface area contributed by atoms with Gasteiger partial charge in [0, 0.05) is 31.0 Å². The largest absolute Gasteiger partial charge is 0.385 e. The molecule has 0 atom stereocenters. The number of pyridine rings is 1. The van der Waals surface area contributed by atoms with Gasteiger partial charge in [-0.15, -0.1) is 0 Å². The van der Waals surface area contributed by atoms with E-state index in [1.165, 1.54) is 0 Å². The summed E-state index contributed by atoms with van der Waals surface area (Å²) in [5.41, 5.74) is 7.23. The van der Waals surface area contributed by atoms with Crippen LogP contribution in [0.4, 0.5) is 5.69 Å². The second-order valence-corrected chi connectivity index (χ2v) is 4.53. The van der Waals surface area contributed by atoms with Gasteiger partial charge in [-0.05, 0) is 32.9 Å². The van der Waals surface area contributed by atoms with Crippen LogP contribution < -0.4 is 11.1 Å². The molecule has 0 aliphatic heterocycles. The van der Waals surface area contributed by atoms with E-state index in [9.17, 15) is 4.79 Å². The molecule has 0 aliphatic rings. The van der Waals surface area contributed by atoms with Gasteiger partial charge < -0.3 is 11.1 Å². The summed E-state index contributed by atoms with van der Waals surface area (Å²) in [6.07, 6.45) is 1.77. The van der Waals surface area contributed by atoms with Crippen LogP contribution in [0.2, 0.25) is 0 Å². The second kappa shape index (κ2) is 6.96. The van der Waals surface area contributed by atoms with Gasteiger partial charge >= 0.3 is 0 Å². The van der Waals surface area contributed by atoms with E-state index in [0.717, 1.165) is 17.9 Å². The van der Waals surface area contributed by atoms with E-state index < -0.39 is 0 Å². The summed E-state index contributed by atoms with van der Waals surface area (Å²) in [7, 11) is 0. The molecule has 18 heavy (non-hydrogen) atoms. The van der Waals surface area contributed by atoms with Crippen LogP contribution in [0.25, 0.3) is 0 Å². The zero-order valence-corrected chi connectivity index (χ0v) is 11.3. The standard InChI is InChI=1S/C13H22N4O/c1-4-15-11-5-6-16-12(7-11)8-17(10(2)3)9-13(14)18/h5-7,10H,4,8-9H2,1-3H3,(H2,14,18)(H,15,16). The molecule has 100 valence electrons. The quantitative estimate of drug-likeness (QED) is 0.763. The first-order chi connectivity index (χ1) is 8.52. The summed E-state index contributed by atoms with van der Waals surface area (Å²) < 4.78 is 0. The number of nitrogens with zero attached hydrogens (tertiary/aromatic N) is 2. The number of hydrogen-bond acceptors (Lipinski definition) is 4. The van der Waals surface area contributed by atoms with E-state index in [1.54, 1.807) is 6.20 Å². The van der Waals surface area contributed by atoms with Gasteiger partial charge in [0.2, 0.25) is 5.91 Å². The van der Waals surface area contributed by atoms with Crippen molar-refractivity contribution in [1.29, 1.82) is 0 Å². The number of nitrogens with two attached hydrogens (primary N) is 1. The number of nitrogens with one attached hydrogen (secondary N) is 1. The zero-order chi connectivity index (χ0) is 13.5. The lowest BCUT2D eigenvalue weighted by Crippen LogP contribution is -2.38. The van der Waals surface area contributed by atoms with Crippen molar-refractivity contribution in [2.75, 3.05) is 18.4 Å². The molecular weight excluding hydrogens is 228 g/mol. The topological polar surface area (TPSA) is 71.2 Å². The molecule has 0 saturated heterocycles. The minimum atomic E-state index is -0.313. The van der Waals surface area contributed by atoms with Gasteiger partial charge in [0.25, 0.3) is 0 Å². The summed E-state index contributed by atoms with van der Waals surface area (Å²) in [6.45, 7) is 7.88. The van der Waals surface area contributed by atoms with Crippen molar-refractivity contribution in [3.63, 3.8) is 0 Å². The molecule has 1 heterocycles. The van der Waals surface area contributed by atoms with Gasteiger partial charge in [-0.1, -0.05) is 0 Å². The fourth-order valence-corrected chi connectivity index (χ4v) is 1.71. The molecule has 1 aromatic rings. The molecule has 0 fully saturated rings. The third-order valence-electron chi connectivity index (χ3n) is 2.65. The molecule has 0 bridgehead atoms. The summed E-state index contributed by atoms with van der Waals surface area (Å²) in [5.74, 6) is -0.313. The third-order valence-corrected chi connectivity index (χ3v) is 2.65. The van der Waals surface area contributed by atoms with E-state index in [2.05, 4.69) is 10.3 Å². The van der Waals surface area contributed by atoms with E-state index in [4.69, 9.17) is 5.73 Å². The number of aromatic nitrogens is 1. The number of carbonyl (C=O) groups excluding carboxylic acids is 1. The zero-order valence-electron chi connectivity index (χ0n) is 11.3. The van der Waals surface area contributed by atoms with Crippen LogP contribution in [0.5, 0.6) is 0 Å². The number of rotatable bonds is 7. The molecule has 0 spiro atoms. The Morgan fingerprint density at radius 3 is 2.83 bits per heavy atom. The van der Waals surface area contributed by atoms with Crippen LogP contribution in [-0.2, 0) is 11.3 Å². The molecule has 3 N–H and O–H groups in total. The summed E-state index contributed by atoms with van der Waals surface area (Å²) in [6, 6.07) is 4.18. The maximum absolute atomic E-state index is 11.0. The molecule has 0 aliphatic carbocycles. The number of amides is 1. The SMILES string of the molecule is CCNc1ccnc(CN(CC(N)=O)C(C)C)c1.